The molecule has 0 unspecified atom stereocenters. The third-order valence-corrected chi connectivity index (χ3v) is 4.56. The van der Waals surface area contributed by atoms with Crippen molar-refractivity contribution in [2.24, 2.45) is 7.05 Å². The monoisotopic (exact) mass is 326 g/mol. The van der Waals surface area contributed by atoms with E-state index in [1.54, 1.807) is 25.1 Å². The Balaban J connectivity index is 2.10. The number of rotatable bonds is 3. The molecule has 7 nitrogen and oxygen atoms in total. The molecule has 0 spiro atoms. The van der Waals surface area contributed by atoms with E-state index >= 15 is 0 Å². The molecule has 1 aliphatic rings. The van der Waals surface area contributed by atoms with Crippen molar-refractivity contribution in [3.05, 3.63) is 11.8 Å². The number of urea groups is 1. The maximum Gasteiger partial charge on any atom is 0.343 e. The van der Waals surface area contributed by atoms with E-state index in [1.807, 2.05) is 11.8 Å². The van der Waals surface area contributed by atoms with Crippen LogP contribution in [-0.2, 0) is 11.8 Å². The predicted molar refractivity (Wildman–Crippen MR) is 86.3 cm³/mol. The van der Waals surface area contributed by atoms with Gasteiger partial charge in [0.15, 0.2) is 5.82 Å². The van der Waals surface area contributed by atoms with Crippen molar-refractivity contribution in [2.75, 3.05) is 30.8 Å². The summed E-state index contributed by atoms with van der Waals surface area (Å²) < 4.78 is 6.50. The standard InChI is InChI=1S/C14H22N4O3S/c1-5-21-12(19)10-8-17(4)16-11(10)15-13(20)18-6-7-22-14(2,3)9-18/h8H,5-7,9H2,1-4H3,(H,15,16,20). The van der Waals surface area contributed by atoms with Crippen LogP contribution in [0, 0.1) is 0 Å². The fourth-order valence-corrected chi connectivity index (χ4v) is 3.42. The molecule has 2 rings (SSSR count). The predicted octanol–water partition coefficient (Wildman–Crippen LogP) is 1.96. The molecular formula is C14H22N4O3S. The average molecular weight is 326 g/mol. The molecule has 1 aliphatic heterocycles. The quantitative estimate of drug-likeness (QED) is 0.859. The van der Waals surface area contributed by atoms with E-state index in [4.69, 9.17) is 4.74 Å². The van der Waals surface area contributed by atoms with Crippen molar-refractivity contribution < 1.29 is 14.3 Å². The Morgan fingerprint density at radius 1 is 1.50 bits per heavy atom. The number of thioether (sulfide) groups is 1. The summed E-state index contributed by atoms with van der Waals surface area (Å²) in [5.74, 6) is 0.648. The molecule has 22 heavy (non-hydrogen) atoms. The average Bonchev–Trinajstić information content (AvgIpc) is 2.78. The topological polar surface area (TPSA) is 76.5 Å². The number of carbonyl (C=O) groups is 2. The molecule has 1 aromatic heterocycles. The molecule has 0 radical (unpaired) electrons. The summed E-state index contributed by atoms with van der Waals surface area (Å²) in [6, 6.07) is -0.238. The zero-order chi connectivity index (χ0) is 16.3. The van der Waals surface area contributed by atoms with Crippen LogP contribution in [0.2, 0.25) is 0 Å². The van der Waals surface area contributed by atoms with Gasteiger partial charge in [-0.2, -0.15) is 16.9 Å². The first kappa shape index (κ1) is 16.7. The Kier molecular flexibility index (Phi) is 5.00. The maximum atomic E-state index is 12.4. The molecule has 8 heteroatoms. The van der Waals surface area contributed by atoms with Crippen LogP contribution < -0.4 is 5.32 Å². The molecule has 1 saturated heterocycles. The largest absolute Gasteiger partial charge is 0.462 e. The second-order valence-electron chi connectivity index (χ2n) is 5.75. The van der Waals surface area contributed by atoms with E-state index < -0.39 is 5.97 Å². The first-order chi connectivity index (χ1) is 10.3. The van der Waals surface area contributed by atoms with E-state index in [-0.39, 0.29) is 28.8 Å². The zero-order valence-electron chi connectivity index (χ0n) is 13.4. The number of hydrogen-bond acceptors (Lipinski definition) is 5. The summed E-state index contributed by atoms with van der Waals surface area (Å²) >= 11 is 1.85. The van der Waals surface area contributed by atoms with Gasteiger partial charge in [0, 0.05) is 36.8 Å². The van der Waals surface area contributed by atoms with Crippen molar-refractivity contribution >= 4 is 29.6 Å². The second kappa shape index (κ2) is 6.60. The van der Waals surface area contributed by atoms with E-state index in [2.05, 4.69) is 24.3 Å². The fraction of sp³-hybridized carbons (Fsp3) is 0.643. The molecular weight excluding hydrogens is 304 g/mol. The minimum absolute atomic E-state index is 0.0314. The number of ether oxygens (including phenoxy) is 1. The van der Waals surface area contributed by atoms with Gasteiger partial charge in [0.2, 0.25) is 0 Å². The third kappa shape index (κ3) is 3.94. The number of aryl methyl sites for hydroxylation is 1. The van der Waals surface area contributed by atoms with Crippen molar-refractivity contribution in [1.29, 1.82) is 0 Å². The van der Waals surface area contributed by atoms with E-state index in [0.717, 1.165) is 5.75 Å². The maximum absolute atomic E-state index is 12.4. The number of anilines is 1. The SMILES string of the molecule is CCOC(=O)c1cn(C)nc1NC(=O)N1CCSC(C)(C)C1. The molecule has 0 aliphatic carbocycles. The minimum Gasteiger partial charge on any atom is -0.462 e. The summed E-state index contributed by atoms with van der Waals surface area (Å²) in [6.45, 7) is 7.58. The van der Waals surface area contributed by atoms with Crippen LogP contribution in [-0.4, -0.2) is 56.9 Å². The van der Waals surface area contributed by atoms with Gasteiger partial charge in [-0.25, -0.2) is 9.59 Å². The van der Waals surface area contributed by atoms with E-state index in [0.29, 0.717) is 13.1 Å². The number of amides is 2. The van der Waals surface area contributed by atoms with Crippen molar-refractivity contribution in [1.82, 2.24) is 14.7 Å². The van der Waals surface area contributed by atoms with Gasteiger partial charge in [-0.05, 0) is 20.8 Å². The van der Waals surface area contributed by atoms with Crippen molar-refractivity contribution in [3.63, 3.8) is 0 Å². The van der Waals surface area contributed by atoms with Gasteiger partial charge in [0.05, 0.1) is 6.61 Å². The number of nitrogens with zero attached hydrogens (tertiary/aromatic N) is 3. The Morgan fingerprint density at radius 3 is 2.86 bits per heavy atom. The van der Waals surface area contributed by atoms with Crippen molar-refractivity contribution in [3.8, 4) is 0 Å². The van der Waals surface area contributed by atoms with Crippen LogP contribution in [0.5, 0.6) is 0 Å². The number of nitrogens with one attached hydrogen (secondary N) is 1. The lowest BCUT2D eigenvalue weighted by Gasteiger charge is -2.37. The molecule has 1 fully saturated rings. The highest BCUT2D eigenvalue weighted by atomic mass is 32.2. The van der Waals surface area contributed by atoms with Crippen molar-refractivity contribution in [2.45, 2.75) is 25.5 Å². The Bertz CT molecular complexity index is 570. The lowest BCUT2D eigenvalue weighted by Crippen LogP contribution is -2.48. The van der Waals surface area contributed by atoms with Crippen LogP contribution >= 0.6 is 11.8 Å². The first-order valence-corrected chi connectivity index (χ1v) is 8.21. The lowest BCUT2D eigenvalue weighted by atomic mass is 10.2. The van der Waals surface area contributed by atoms with Gasteiger partial charge in [-0.1, -0.05) is 0 Å². The highest BCUT2D eigenvalue weighted by molar-refractivity contribution is 8.00. The molecule has 122 valence electrons. The second-order valence-corrected chi connectivity index (χ2v) is 7.55. The summed E-state index contributed by atoms with van der Waals surface area (Å²) in [4.78, 5) is 26.0. The summed E-state index contributed by atoms with van der Waals surface area (Å²) in [7, 11) is 1.69. The molecule has 0 atom stereocenters. The van der Waals surface area contributed by atoms with Crippen LogP contribution in [0.3, 0.4) is 0 Å². The van der Waals surface area contributed by atoms with Gasteiger partial charge in [-0.3, -0.25) is 10.00 Å². The fourth-order valence-electron chi connectivity index (χ4n) is 2.31. The number of esters is 1. The Labute approximate surface area is 134 Å². The lowest BCUT2D eigenvalue weighted by molar-refractivity contribution is 0.0527. The molecule has 2 heterocycles. The molecule has 1 N–H and O–H groups in total. The number of hydrogen-bond donors (Lipinski definition) is 1. The third-order valence-electron chi connectivity index (χ3n) is 3.26. The smallest absolute Gasteiger partial charge is 0.343 e. The molecule has 0 bridgehead atoms. The van der Waals surface area contributed by atoms with Gasteiger partial charge in [-0.15, -0.1) is 0 Å². The van der Waals surface area contributed by atoms with Gasteiger partial charge >= 0.3 is 12.0 Å². The summed E-state index contributed by atoms with van der Waals surface area (Å²) in [6.07, 6.45) is 1.55. The van der Waals surface area contributed by atoms with E-state index in [1.165, 1.54) is 4.68 Å². The van der Waals surface area contributed by atoms with Gasteiger partial charge in [0.1, 0.15) is 5.56 Å². The highest BCUT2D eigenvalue weighted by Gasteiger charge is 2.30. The van der Waals surface area contributed by atoms with Crippen LogP contribution in [0.4, 0.5) is 10.6 Å². The molecule has 0 aromatic carbocycles. The molecule has 0 saturated carbocycles. The molecule has 1 aromatic rings. The van der Waals surface area contributed by atoms with Crippen LogP contribution in [0.1, 0.15) is 31.1 Å². The Morgan fingerprint density at radius 2 is 2.23 bits per heavy atom. The van der Waals surface area contributed by atoms with E-state index in [9.17, 15) is 9.59 Å². The van der Waals surface area contributed by atoms with Gasteiger partial charge in [0.25, 0.3) is 0 Å². The minimum atomic E-state index is -0.486. The molecule has 2 amide bonds. The summed E-state index contributed by atoms with van der Waals surface area (Å²) in [5, 5.41) is 6.86. The normalized spacial score (nSPS) is 17.2. The Hall–Kier alpha value is -1.70. The number of aromatic nitrogens is 2. The van der Waals surface area contributed by atoms with Crippen LogP contribution in [0.15, 0.2) is 6.20 Å². The zero-order valence-corrected chi connectivity index (χ0v) is 14.2. The van der Waals surface area contributed by atoms with Gasteiger partial charge < -0.3 is 9.64 Å². The first-order valence-electron chi connectivity index (χ1n) is 7.23. The summed E-state index contributed by atoms with van der Waals surface area (Å²) in [5.41, 5.74) is 0.267. The highest BCUT2D eigenvalue weighted by Crippen LogP contribution is 2.29. The van der Waals surface area contributed by atoms with Crippen LogP contribution in [0.25, 0.3) is 0 Å². The number of carbonyl (C=O) groups excluding carboxylic acids is 2.